The van der Waals surface area contributed by atoms with Crippen LogP contribution in [0, 0.1) is 0 Å². The van der Waals surface area contributed by atoms with Gasteiger partial charge in [0, 0.05) is 24.2 Å². The minimum absolute atomic E-state index is 0.0940. The van der Waals surface area contributed by atoms with Gasteiger partial charge < -0.3 is 5.11 Å². The van der Waals surface area contributed by atoms with Crippen molar-refractivity contribution in [3.05, 3.63) is 30.1 Å². The molecule has 58 valence electrons. The number of nitrogens with zero attached hydrogens (tertiary/aromatic N) is 2. The predicted octanol–water partition coefficient (Wildman–Crippen LogP) is 0.493. The Labute approximate surface area is 65.4 Å². The Morgan fingerprint density at radius 3 is 3.18 bits per heavy atom. The first-order valence-electron chi connectivity index (χ1n) is 3.44. The summed E-state index contributed by atoms with van der Waals surface area (Å²) in [7, 11) is 0. The van der Waals surface area contributed by atoms with E-state index in [0.29, 0.717) is 6.54 Å². The maximum atomic E-state index is 8.41. The summed E-state index contributed by atoms with van der Waals surface area (Å²) in [6.07, 6.45) is 5.13. The van der Waals surface area contributed by atoms with Crippen LogP contribution < -0.4 is 0 Å². The van der Waals surface area contributed by atoms with E-state index in [2.05, 4.69) is 9.98 Å². The van der Waals surface area contributed by atoms with E-state index in [-0.39, 0.29) is 6.61 Å². The lowest BCUT2D eigenvalue weighted by atomic mass is 10.3. The standard InChI is InChI=1S/C8H10N2O/c11-5-4-10-7-8-2-1-3-9-6-8/h1-3,6-7,11H,4-5H2. The van der Waals surface area contributed by atoms with E-state index in [4.69, 9.17) is 5.11 Å². The quantitative estimate of drug-likeness (QED) is 0.637. The Balaban J connectivity index is 2.50. The molecule has 0 atom stereocenters. The second-order valence-electron chi connectivity index (χ2n) is 2.05. The van der Waals surface area contributed by atoms with Crippen LogP contribution in [-0.2, 0) is 0 Å². The fraction of sp³-hybridized carbons (Fsp3) is 0.250. The van der Waals surface area contributed by atoms with Gasteiger partial charge in [0.15, 0.2) is 0 Å². The molecule has 0 aliphatic carbocycles. The molecule has 1 heterocycles. The molecule has 0 radical (unpaired) electrons. The van der Waals surface area contributed by atoms with Crippen LogP contribution in [0.25, 0.3) is 0 Å². The summed E-state index contributed by atoms with van der Waals surface area (Å²) in [6.45, 7) is 0.547. The summed E-state index contributed by atoms with van der Waals surface area (Å²) < 4.78 is 0. The van der Waals surface area contributed by atoms with E-state index in [1.54, 1.807) is 18.6 Å². The molecule has 0 saturated carbocycles. The summed E-state index contributed by atoms with van der Waals surface area (Å²) >= 11 is 0. The van der Waals surface area contributed by atoms with E-state index in [9.17, 15) is 0 Å². The van der Waals surface area contributed by atoms with Gasteiger partial charge in [-0.3, -0.25) is 9.98 Å². The predicted molar refractivity (Wildman–Crippen MR) is 43.8 cm³/mol. The lowest BCUT2D eigenvalue weighted by Gasteiger charge is -1.88. The zero-order valence-electron chi connectivity index (χ0n) is 6.14. The normalized spacial score (nSPS) is 10.6. The van der Waals surface area contributed by atoms with Crippen LogP contribution in [0.15, 0.2) is 29.5 Å². The monoisotopic (exact) mass is 150 g/mol. The largest absolute Gasteiger partial charge is 0.394 e. The van der Waals surface area contributed by atoms with Crippen LogP contribution in [0.5, 0.6) is 0 Å². The smallest absolute Gasteiger partial charge is 0.0626 e. The highest BCUT2D eigenvalue weighted by atomic mass is 16.3. The highest BCUT2D eigenvalue weighted by molar-refractivity contribution is 5.78. The summed E-state index contributed by atoms with van der Waals surface area (Å²) in [5.41, 5.74) is 0.959. The Hall–Kier alpha value is -1.22. The maximum absolute atomic E-state index is 8.41. The molecule has 0 aromatic carbocycles. The Morgan fingerprint density at radius 1 is 1.64 bits per heavy atom. The molecule has 3 heteroatoms. The van der Waals surface area contributed by atoms with Gasteiger partial charge in [-0.2, -0.15) is 0 Å². The molecule has 1 N–H and O–H groups in total. The molecule has 1 aromatic rings. The Morgan fingerprint density at radius 2 is 2.55 bits per heavy atom. The van der Waals surface area contributed by atoms with Crippen LogP contribution in [0.4, 0.5) is 0 Å². The van der Waals surface area contributed by atoms with E-state index < -0.39 is 0 Å². The summed E-state index contributed by atoms with van der Waals surface area (Å²) in [5.74, 6) is 0. The van der Waals surface area contributed by atoms with Gasteiger partial charge in [0.25, 0.3) is 0 Å². The first kappa shape index (κ1) is 7.88. The van der Waals surface area contributed by atoms with Gasteiger partial charge in [-0.15, -0.1) is 0 Å². The van der Waals surface area contributed by atoms with E-state index in [1.807, 2.05) is 12.1 Å². The van der Waals surface area contributed by atoms with Gasteiger partial charge in [-0.05, 0) is 6.07 Å². The number of rotatable bonds is 3. The fourth-order valence-corrected chi connectivity index (χ4v) is 0.680. The van der Waals surface area contributed by atoms with Crippen molar-refractivity contribution >= 4 is 6.21 Å². The highest BCUT2D eigenvalue weighted by Gasteiger charge is 1.82. The molecule has 1 rings (SSSR count). The lowest BCUT2D eigenvalue weighted by Crippen LogP contribution is -1.89. The molecule has 0 spiro atoms. The zero-order chi connectivity index (χ0) is 7.94. The molecule has 0 aliphatic heterocycles. The molecule has 0 saturated heterocycles. The van der Waals surface area contributed by atoms with Crippen molar-refractivity contribution in [2.45, 2.75) is 0 Å². The molecule has 0 aliphatic rings. The van der Waals surface area contributed by atoms with Gasteiger partial charge in [0.1, 0.15) is 0 Å². The van der Waals surface area contributed by atoms with Crippen molar-refractivity contribution < 1.29 is 5.11 Å². The molecule has 0 amide bonds. The second kappa shape index (κ2) is 4.57. The number of hydrogen-bond acceptors (Lipinski definition) is 3. The van der Waals surface area contributed by atoms with Crippen LogP contribution in [0.2, 0.25) is 0 Å². The first-order chi connectivity index (χ1) is 5.43. The average molecular weight is 150 g/mol. The first-order valence-corrected chi connectivity index (χ1v) is 3.44. The molecule has 1 aromatic heterocycles. The Bertz CT molecular complexity index is 221. The maximum Gasteiger partial charge on any atom is 0.0626 e. The van der Waals surface area contributed by atoms with Gasteiger partial charge in [0.2, 0.25) is 0 Å². The van der Waals surface area contributed by atoms with E-state index >= 15 is 0 Å². The lowest BCUT2D eigenvalue weighted by molar-refractivity contribution is 0.307. The van der Waals surface area contributed by atoms with E-state index in [0.717, 1.165) is 5.56 Å². The molecular formula is C8H10N2O. The fourth-order valence-electron chi connectivity index (χ4n) is 0.680. The highest BCUT2D eigenvalue weighted by Crippen LogP contribution is 1.89. The summed E-state index contributed by atoms with van der Waals surface area (Å²) in [6, 6.07) is 3.76. The van der Waals surface area contributed by atoms with E-state index in [1.165, 1.54) is 0 Å². The van der Waals surface area contributed by atoms with Crippen LogP contribution in [0.1, 0.15) is 5.56 Å². The molecule has 0 unspecified atom stereocenters. The van der Waals surface area contributed by atoms with Crippen molar-refractivity contribution in [2.24, 2.45) is 4.99 Å². The van der Waals surface area contributed by atoms with Crippen molar-refractivity contribution in [1.29, 1.82) is 0 Å². The van der Waals surface area contributed by atoms with Crippen molar-refractivity contribution in [2.75, 3.05) is 13.2 Å². The molecular weight excluding hydrogens is 140 g/mol. The number of hydrogen-bond donors (Lipinski definition) is 1. The third-order valence-electron chi connectivity index (χ3n) is 1.15. The number of aliphatic hydroxyl groups is 1. The van der Waals surface area contributed by atoms with Crippen molar-refractivity contribution in [3.8, 4) is 0 Å². The summed E-state index contributed by atoms with van der Waals surface area (Å²) in [4.78, 5) is 7.85. The van der Waals surface area contributed by atoms with Gasteiger partial charge >= 0.3 is 0 Å². The molecule has 0 bridgehead atoms. The van der Waals surface area contributed by atoms with Crippen molar-refractivity contribution in [1.82, 2.24) is 4.98 Å². The third-order valence-corrected chi connectivity index (χ3v) is 1.15. The van der Waals surface area contributed by atoms with Gasteiger partial charge in [0.05, 0.1) is 13.2 Å². The second-order valence-corrected chi connectivity index (χ2v) is 2.05. The molecule has 0 fully saturated rings. The van der Waals surface area contributed by atoms with Crippen molar-refractivity contribution in [3.63, 3.8) is 0 Å². The van der Waals surface area contributed by atoms with Gasteiger partial charge in [-0.25, -0.2) is 0 Å². The number of aromatic nitrogens is 1. The number of aliphatic imine (C=N–C) groups is 1. The number of pyridine rings is 1. The zero-order valence-corrected chi connectivity index (χ0v) is 6.14. The summed E-state index contributed by atoms with van der Waals surface area (Å²) in [5, 5.41) is 8.41. The Kier molecular flexibility index (Phi) is 3.28. The third kappa shape index (κ3) is 2.91. The minimum Gasteiger partial charge on any atom is -0.394 e. The van der Waals surface area contributed by atoms with Crippen LogP contribution in [-0.4, -0.2) is 29.5 Å². The molecule has 3 nitrogen and oxygen atoms in total. The minimum atomic E-state index is 0.0940. The van der Waals surface area contributed by atoms with Crippen LogP contribution >= 0.6 is 0 Å². The van der Waals surface area contributed by atoms with Crippen LogP contribution in [0.3, 0.4) is 0 Å². The van der Waals surface area contributed by atoms with Gasteiger partial charge in [-0.1, -0.05) is 6.07 Å². The average Bonchev–Trinajstić information content (AvgIpc) is 2.07. The topological polar surface area (TPSA) is 45.5 Å². The SMILES string of the molecule is OCCN=Cc1cccnc1. The number of aliphatic hydroxyl groups excluding tert-OH is 1. The molecule has 11 heavy (non-hydrogen) atoms.